The normalized spacial score (nSPS) is 13.4. The highest BCUT2D eigenvalue weighted by molar-refractivity contribution is 7.09. The summed E-state index contributed by atoms with van der Waals surface area (Å²) >= 11 is 1.49. The van der Waals surface area contributed by atoms with Crippen molar-refractivity contribution in [3.63, 3.8) is 0 Å². The second-order valence-electron chi connectivity index (χ2n) is 4.23. The predicted molar refractivity (Wildman–Crippen MR) is 70.2 cm³/mol. The lowest BCUT2D eigenvalue weighted by atomic mass is 10.1. The van der Waals surface area contributed by atoms with Crippen LogP contribution in [0.2, 0.25) is 0 Å². The molecule has 0 fully saturated rings. The van der Waals surface area contributed by atoms with E-state index in [9.17, 15) is 18.3 Å². The molecule has 1 heterocycles. The number of hydrogen-bond acceptors (Lipinski definition) is 4. The molecule has 0 aliphatic heterocycles. The van der Waals surface area contributed by atoms with Gasteiger partial charge in [-0.3, -0.25) is 4.98 Å². The van der Waals surface area contributed by atoms with Crippen molar-refractivity contribution in [3.05, 3.63) is 52.0 Å². The molecule has 1 atom stereocenters. The van der Waals surface area contributed by atoms with Crippen LogP contribution < -0.4 is 5.32 Å². The van der Waals surface area contributed by atoms with E-state index in [-0.39, 0.29) is 6.54 Å². The van der Waals surface area contributed by atoms with Crippen LogP contribution in [0.25, 0.3) is 0 Å². The first-order valence-electron chi connectivity index (χ1n) is 5.90. The van der Waals surface area contributed by atoms with Crippen molar-refractivity contribution in [2.45, 2.75) is 18.8 Å². The Morgan fingerprint density at radius 3 is 2.50 bits per heavy atom. The van der Waals surface area contributed by atoms with Gasteiger partial charge in [0.25, 0.3) is 0 Å². The number of nitrogens with one attached hydrogen (secondary N) is 1. The fourth-order valence-electron chi connectivity index (χ4n) is 1.67. The third-order valence-electron chi connectivity index (χ3n) is 2.74. The largest absolute Gasteiger partial charge is 0.416 e. The van der Waals surface area contributed by atoms with Crippen molar-refractivity contribution in [3.8, 4) is 0 Å². The molecule has 2 aromatic rings. The fraction of sp³-hybridized carbons (Fsp3) is 0.308. The molecule has 108 valence electrons. The monoisotopic (exact) mass is 302 g/mol. The number of nitrogens with zero attached hydrogens (tertiary/aromatic N) is 1. The lowest BCUT2D eigenvalue weighted by Crippen LogP contribution is -2.20. The molecule has 3 nitrogen and oxygen atoms in total. The molecule has 20 heavy (non-hydrogen) atoms. The maximum absolute atomic E-state index is 12.4. The maximum atomic E-state index is 12.4. The minimum atomic E-state index is -4.35. The summed E-state index contributed by atoms with van der Waals surface area (Å²) < 4.78 is 37.2. The van der Waals surface area contributed by atoms with Crippen LogP contribution in [0.1, 0.15) is 22.1 Å². The van der Waals surface area contributed by atoms with Gasteiger partial charge in [-0.25, -0.2) is 0 Å². The number of thiazole rings is 1. The maximum Gasteiger partial charge on any atom is 0.416 e. The average molecular weight is 302 g/mol. The van der Waals surface area contributed by atoms with Crippen molar-refractivity contribution < 1.29 is 18.3 Å². The third kappa shape index (κ3) is 4.03. The number of benzene rings is 1. The summed E-state index contributed by atoms with van der Waals surface area (Å²) in [6.45, 7) is 0.839. The molecule has 2 rings (SSSR count). The number of hydrogen-bond donors (Lipinski definition) is 2. The standard InChI is InChI=1S/C13H13F3N2OS/c14-13(15,16)10-3-1-9(2-4-10)12(19)7-17-5-11-6-18-8-20-11/h1-4,6,8,12,17,19H,5,7H2. The van der Waals surface area contributed by atoms with Crippen LogP contribution in [0.5, 0.6) is 0 Å². The highest BCUT2D eigenvalue weighted by atomic mass is 32.1. The van der Waals surface area contributed by atoms with E-state index >= 15 is 0 Å². The van der Waals surface area contributed by atoms with E-state index in [0.717, 1.165) is 17.0 Å². The first-order valence-corrected chi connectivity index (χ1v) is 6.78. The van der Waals surface area contributed by atoms with Crippen LogP contribution in [-0.2, 0) is 12.7 Å². The smallest absolute Gasteiger partial charge is 0.387 e. The van der Waals surface area contributed by atoms with Crippen LogP contribution in [0.3, 0.4) is 0 Å². The summed E-state index contributed by atoms with van der Waals surface area (Å²) in [4.78, 5) is 4.95. The number of halogens is 3. The summed E-state index contributed by atoms with van der Waals surface area (Å²) in [6, 6.07) is 4.53. The zero-order valence-corrected chi connectivity index (χ0v) is 11.2. The molecule has 0 radical (unpaired) electrons. The molecule has 0 saturated heterocycles. The summed E-state index contributed by atoms with van der Waals surface area (Å²) in [5.41, 5.74) is 1.45. The first kappa shape index (κ1) is 15.0. The number of rotatable bonds is 5. The number of aliphatic hydroxyl groups is 1. The van der Waals surface area contributed by atoms with E-state index < -0.39 is 17.8 Å². The molecule has 1 aromatic carbocycles. The Labute approximate surface area is 118 Å². The van der Waals surface area contributed by atoms with Gasteiger partial charge in [-0.1, -0.05) is 12.1 Å². The average Bonchev–Trinajstić information content (AvgIpc) is 2.91. The fourth-order valence-corrected chi connectivity index (χ4v) is 2.24. The van der Waals surface area contributed by atoms with Gasteiger partial charge in [-0.05, 0) is 17.7 Å². The minimum absolute atomic E-state index is 0.267. The topological polar surface area (TPSA) is 45.1 Å². The zero-order chi connectivity index (χ0) is 14.6. The summed E-state index contributed by atoms with van der Waals surface area (Å²) in [5.74, 6) is 0. The molecule has 0 saturated carbocycles. The predicted octanol–water partition coefficient (Wildman–Crippen LogP) is 2.99. The van der Waals surface area contributed by atoms with E-state index in [1.165, 1.54) is 23.5 Å². The van der Waals surface area contributed by atoms with Gasteiger partial charge in [0.05, 0.1) is 17.2 Å². The van der Waals surface area contributed by atoms with Gasteiger partial charge in [0.1, 0.15) is 0 Å². The highest BCUT2D eigenvalue weighted by Gasteiger charge is 2.30. The number of aliphatic hydroxyl groups excluding tert-OH is 1. The highest BCUT2D eigenvalue weighted by Crippen LogP contribution is 2.29. The van der Waals surface area contributed by atoms with Crippen molar-refractivity contribution in [2.75, 3.05) is 6.54 Å². The van der Waals surface area contributed by atoms with Crippen LogP contribution in [0.15, 0.2) is 36.0 Å². The van der Waals surface area contributed by atoms with Gasteiger partial charge in [-0.2, -0.15) is 13.2 Å². The van der Waals surface area contributed by atoms with Gasteiger partial charge >= 0.3 is 6.18 Å². The minimum Gasteiger partial charge on any atom is -0.387 e. The molecule has 2 N–H and O–H groups in total. The van der Waals surface area contributed by atoms with Gasteiger partial charge in [-0.15, -0.1) is 11.3 Å². The van der Waals surface area contributed by atoms with E-state index in [2.05, 4.69) is 10.3 Å². The number of alkyl halides is 3. The van der Waals surface area contributed by atoms with Gasteiger partial charge in [0, 0.05) is 24.2 Å². The van der Waals surface area contributed by atoms with Crippen LogP contribution in [-0.4, -0.2) is 16.6 Å². The van der Waals surface area contributed by atoms with Gasteiger partial charge in [0.2, 0.25) is 0 Å². The van der Waals surface area contributed by atoms with E-state index in [4.69, 9.17) is 0 Å². The molecule has 7 heteroatoms. The SMILES string of the molecule is OC(CNCc1cncs1)c1ccc(C(F)(F)F)cc1. The van der Waals surface area contributed by atoms with E-state index in [0.29, 0.717) is 12.1 Å². The van der Waals surface area contributed by atoms with E-state index in [1.54, 1.807) is 11.7 Å². The third-order valence-corrected chi connectivity index (χ3v) is 3.52. The van der Waals surface area contributed by atoms with Crippen molar-refractivity contribution in [1.29, 1.82) is 0 Å². The second-order valence-corrected chi connectivity index (χ2v) is 5.21. The molecule has 1 unspecified atom stereocenters. The Kier molecular flexibility index (Phi) is 4.74. The van der Waals surface area contributed by atoms with Crippen LogP contribution >= 0.6 is 11.3 Å². The Bertz CT molecular complexity index is 526. The van der Waals surface area contributed by atoms with Gasteiger partial charge < -0.3 is 10.4 Å². The summed E-state index contributed by atoms with van der Waals surface area (Å²) in [5, 5.41) is 12.9. The van der Waals surface area contributed by atoms with Crippen LogP contribution in [0.4, 0.5) is 13.2 Å². The molecular formula is C13H13F3N2OS. The summed E-state index contributed by atoms with van der Waals surface area (Å²) in [7, 11) is 0. The quantitative estimate of drug-likeness (QED) is 0.892. The van der Waals surface area contributed by atoms with Crippen molar-refractivity contribution in [1.82, 2.24) is 10.3 Å². The number of aromatic nitrogens is 1. The Morgan fingerprint density at radius 2 is 1.95 bits per heavy atom. The summed E-state index contributed by atoms with van der Waals surface area (Å²) in [6.07, 6.45) is -3.47. The van der Waals surface area contributed by atoms with Crippen LogP contribution in [0, 0.1) is 0 Å². The molecular weight excluding hydrogens is 289 g/mol. The zero-order valence-electron chi connectivity index (χ0n) is 10.4. The molecule has 0 spiro atoms. The lowest BCUT2D eigenvalue weighted by Gasteiger charge is -2.13. The Morgan fingerprint density at radius 1 is 1.25 bits per heavy atom. The van der Waals surface area contributed by atoms with E-state index in [1.807, 2.05) is 0 Å². The lowest BCUT2D eigenvalue weighted by molar-refractivity contribution is -0.137. The van der Waals surface area contributed by atoms with Crippen molar-refractivity contribution in [2.24, 2.45) is 0 Å². The molecule has 0 bridgehead atoms. The van der Waals surface area contributed by atoms with Gasteiger partial charge in [0.15, 0.2) is 0 Å². The molecule has 0 aliphatic rings. The first-order chi connectivity index (χ1) is 9.47. The molecule has 1 aromatic heterocycles. The molecule has 0 aliphatic carbocycles. The van der Waals surface area contributed by atoms with Crippen molar-refractivity contribution >= 4 is 11.3 Å². The molecule has 0 amide bonds. The Hall–Kier alpha value is -1.44. The Balaban J connectivity index is 1.87. The second kappa shape index (κ2) is 6.34.